The van der Waals surface area contributed by atoms with Crippen LogP contribution in [0.25, 0.3) is 22.8 Å². The van der Waals surface area contributed by atoms with Gasteiger partial charge < -0.3 is 19.3 Å². The van der Waals surface area contributed by atoms with Crippen molar-refractivity contribution in [2.24, 2.45) is 0 Å². The van der Waals surface area contributed by atoms with E-state index in [1.54, 1.807) is 18.2 Å². The van der Waals surface area contributed by atoms with Crippen molar-refractivity contribution >= 4 is 11.6 Å². The molecule has 1 N–H and O–H groups in total. The smallest absolute Gasteiger partial charge is 0.269 e. The lowest BCUT2D eigenvalue weighted by molar-refractivity contribution is -0.125. The Labute approximate surface area is 172 Å². The highest BCUT2D eigenvalue weighted by Gasteiger charge is 2.28. The van der Waals surface area contributed by atoms with Crippen LogP contribution >= 0.6 is 0 Å². The number of ether oxygens (including phenoxy) is 2. The van der Waals surface area contributed by atoms with Crippen LogP contribution in [0.3, 0.4) is 0 Å². The van der Waals surface area contributed by atoms with Crippen LogP contribution in [0.2, 0.25) is 0 Å². The quantitative estimate of drug-likeness (QED) is 0.554. The molecule has 30 heavy (non-hydrogen) atoms. The number of amides is 1. The number of anilines is 1. The number of fused-ring (bicyclic) bond motifs is 1. The number of para-hydroxylation sites is 3. The fourth-order valence-electron chi connectivity index (χ4n) is 3.18. The van der Waals surface area contributed by atoms with Crippen LogP contribution in [-0.2, 0) is 4.79 Å². The second-order valence-corrected chi connectivity index (χ2v) is 6.69. The van der Waals surface area contributed by atoms with E-state index < -0.39 is 6.10 Å². The van der Waals surface area contributed by atoms with Gasteiger partial charge in [-0.25, -0.2) is 0 Å². The van der Waals surface area contributed by atoms with Crippen molar-refractivity contribution < 1.29 is 18.8 Å². The second kappa shape index (κ2) is 7.71. The number of aromatic nitrogens is 2. The molecule has 1 amide bonds. The molecule has 1 unspecified atom stereocenters. The summed E-state index contributed by atoms with van der Waals surface area (Å²) in [6.45, 7) is 0.129. The summed E-state index contributed by atoms with van der Waals surface area (Å²) in [6.07, 6.45) is -0.768. The minimum absolute atomic E-state index is 0.129. The van der Waals surface area contributed by atoms with Crippen LogP contribution in [-0.4, -0.2) is 28.8 Å². The molecule has 1 aliphatic heterocycles. The molecule has 0 bridgehead atoms. The first-order valence-electron chi connectivity index (χ1n) is 9.46. The molecule has 5 rings (SSSR count). The molecular formula is C23H17N3O4. The van der Waals surface area contributed by atoms with Gasteiger partial charge in [0, 0.05) is 5.56 Å². The third-order valence-electron chi connectivity index (χ3n) is 4.67. The molecule has 1 atom stereocenters. The largest absolute Gasteiger partial charge is 0.485 e. The maximum absolute atomic E-state index is 12.8. The van der Waals surface area contributed by atoms with Gasteiger partial charge in [-0.05, 0) is 24.3 Å². The molecule has 1 aromatic heterocycles. The number of hydrogen-bond acceptors (Lipinski definition) is 6. The van der Waals surface area contributed by atoms with Gasteiger partial charge in [-0.15, -0.1) is 0 Å². The molecule has 7 nitrogen and oxygen atoms in total. The van der Waals surface area contributed by atoms with Crippen LogP contribution < -0.4 is 14.8 Å². The van der Waals surface area contributed by atoms with Gasteiger partial charge in [-0.1, -0.05) is 59.8 Å². The molecule has 0 saturated heterocycles. The van der Waals surface area contributed by atoms with E-state index in [9.17, 15) is 4.79 Å². The molecule has 7 heteroatoms. The minimum atomic E-state index is -0.768. The summed E-state index contributed by atoms with van der Waals surface area (Å²) in [5, 5.41) is 6.94. The molecule has 0 radical (unpaired) electrons. The molecule has 4 aromatic rings. The fourth-order valence-corrected chi connectivity index (χ4v) is 3.18. The summed E-state index contributed by atoms with van der Waals surface area (Å²) in [4.78, 5) is 17.3. The number of carbonyl (C=O) groups is 1. The zero-order valence-electron chi connectivity index (χ0n) is 15.8. The molecule has 0 aliphatic carbocycles. The van der Waals surface area contributed by atoms with E-state index >= 15 is 0 Å². The van der Waals surface area contributed by atoms with Crippen molar-refractivity contribution in [1.29, 1.82) is 0 Å². The third kappa shape index (κ3) is 3.48. The predicted octanol–water partition coefficient (Wildman–Crippen LogP) is 4.18. The van der Waals surface area contributed by atoms with Crippen LogP contribution in [0, 0.1) is 0 Å². The van der Waals surface area contributed by atoms with Gasteiger partial charge >= 0.3 is 0 Å². The Morgan fingerprint density at radius 1 is 0.900 bits per heavy atom. The Morgan fingerprint density at radius 3 is 2.50 bits per heavy atom. The van der Waals surface area contributed by atoms with E-state index in [-0.39, 0.29) is 12.5 Å². The molecule has 1 aliphatic rings. The number of carbonyl (C=O) groups excluding carboxylic acids is 1. The summed E-state index contributed by atoms with van der Waals surface area (Å²) >= 11 is 0. The van der Waals surface area contributed by atoms with Crippen LogP contribution in [0.1, 0.15) is 0 Å². The SMILES string of the molecule is O=C(Nc1ccccc1-c1nc(-c2ccccc2)no1)C1COc2ccccc2O1. The van der Waals surface area contributed by atoms with Gasteiger partial charge in [0.15, 0.2) is 11.5 Å². The topological polar surface area (TPSA) is 86.5 Å². The van der Waals surface area contributed by atoms with Crippen molar-refractivity contribution in [2.75, 3.05) is 11.9 Å². The minimum Gasteiger partial charge on any atom is -0.485 e. The molecule has 2 heterocycles. The van der Waals surface area contributed by atoms with E-state index in [1.165, 1.54) is 0 Å². The molecule has 0 spiro atoms. The number of rotatable bonds is 4. The van der Waals surface area contributed by atoms with Crippen molar-refractivity contribution in [3.8, 4) is 34.3 Å². The van der Waals surface area contributed by atoms with Crippen molar-refractivity contribution in [1.82, 2.24) is 10.1 Å². The second-order valence-electron chi connectivity index (χ2n) is 6.69. The van der Waals surface area contributed by atoms with Crippen molar-refractivity contribution in [2.45, 2.75) is 6.10 Å². The highest BCUT2D eigenvalue weighted by atomic mass is 16.6. The first-order chi connectivity index (χ1) is 14.8. The van der Waals surface area contributed by atoms with Crippen LogP contribution in [0.15, 0.2) is 83.4 Å². The van der Waals surface area contributed by atoms with Gasteiger partial charge in [-0.3, -0.25) is 4.79 Å². The highest BCUT2D eigenvalue weighted by Crippen LogP contribution is 2.32. The Hall–Kier alpha value is -4.13. The maximum Gasteiger partial charge on any atom is 0.269 e. The molecule has 0 saturated carbocycles. The molecule has 148 valence electrons. The summed E-state index contributed by atoms with van der Waals surface area (Å²) in [5.41, 5.74) is 2.02. The van der Waals surface area contributed by atoms with E-state index in [1.807, 2.05) is 60.7 Å². The standard InChI is InChI=1S/C23H17N3O4/c27-22(20-14-28-18-12-6-7-13-19(18)29-20)24-17-11-5-4-10-16(17)23-25-21(26-30-23)15-8-2-1-3-9-15/h1-13,20H,14H2,(H,24,27). The third-order valence-corrected chi connectivity index (χ3v) is 4.67. The first-order valence-corrected chi connectivity index (χ1v) is 9.46. The number of benzene rings is 3. The van der Waals surface area contributed by atoms with Crippen molar-refractivity contribution in [3.63, 3.8) is 0 Å². The first kappa shape index (κ1) is 17.9. The van der Waals surface area contributed by atoms with Crippen LogP contribution in [0.5, 0.6) is 11.5 Å². The van der Waals surface area contributed by atoms with Gasteiger partial charge in [0.2, 0.25) is 11.9 Å². The Morgan fingerprint density at radius 2 is 1.63 bits per heavy atom. The highest BCUT2D eigenvalue weighted by molar-refractivity contribution is 5.97. The summed E-state index contributed by atoms with van der Waals surface area (Å²) in [5.74, 6) is 1.64. The Kier molecular flexibility index (Phi) is 4.61. The summed E-state index contributed by atoms with van der Waals surface area (Å²) in [7, 11) is 0. The van der Waals surface area contributed by atoms with E-state index in [0.717, 1.165) is 5.56 Å². The Balaban J connectivity index is 1.37. The van der Waals surface area contributed by atoms with Gasteiger partial charge in [0.1, 0.15) is 6.61 Å². The average Bonchev–Trinajstić information content (AvgIpc) is 3.30. The fraction of sp³-hybridized carbons (Fsp3) is 0.0870. The summed E-state index contributed by atoms with van der Waals surface area (Å²) in [6, 6.07) is 24.0. The lowest BCUT2D eigenvalue weighted by Gasteiger charge is -2.25. The lowest BCUT2D eigenvalue weighted by Crippen LogP contribution is -2.40. The maximum atomic E-state index is 12.8. The van der Waals surface area contributed by atoms with Crippen LogP contribution in [0.4, 0.5) is 5.69 Å². The predicted molar refractivity (Wildman–Crippen MR) is 110 cm³/mol. The normalized spacial score (nSPS) is 14.9. The zero-order chi connectivity index (χ0) is 20.3. The van der Waals surface area contributed by atoms with Gasteiger partial charge in [0.25, 0.3) is 11.8 Å². The van der Waals surface area contributed by atoms with Gasteiger partial charge in [0.05, 0.1) is 11.3 Å². The molecular weight excluding hydrogens is 382 g/mol. The van der Waals surface area contributed by atoms with Crippen molar-refractivity contribution in [3.05, 3.63) is 78.9 Å². The van der Waals surface area contributed by atoms with Gasteiger partial charge in [-0.2, -0.15) is 4.98 Å². The molecule has 0 fully saturated rings. The monoisotopic (exact) mass is 399 g/mol. The summed E-state index contributed by atoms with van der Waals surface area (Å²) < 4.78 is 16.9. The van der Waals surface area contributed by atoms with E-state index in [0.29, 0.717) is 34.5 Å². The number of nitrogens with zero attached hydrogens (tertiary/aromatic N) is 2. The lowest BCUT2D eigenvalue weighted by atomic mass is 10.1. The van der Waals surface area contributed by atoms with E-state index in [2.05, 4.69) is 15.5 Å². The number of hydrogen-bond donors (Lipinski definition) is 1. The average molecular weight is 399 g/mol. The molecule has 3 aromatic carbocycles. The Bertz CT molecular complexity index is 1190. The zero-order valence-corrected chi connectivity index (χ0v) is 15.8. The number of nitrogens with one attached hydrogen (secondary N) is 1. The van der Waals surface area contributed by atoms with E-state index in [4.69, 9.17) is 14.0 Å².